The molecule has 0 heterocycles. The van der Waals surface area contributed by atoms with E-state index in [2.05, 4.69) is 29.7 Å². The van der Waals surface area contributed by atoms with Gasteiger partial charge in [-0.25, -0.2) is 0 Å². The van der Waals surface area contributed by atoms with Gasteiger partial charge in [-0.2, -0.15) is 0 Å². The van der Waals surface area contributed by atoms with Gasteiger partial charge in [0.1, 0.15) is 11.5 Å². The van der Waals surface area contributed by atoms with Crippen molar-refractivity contribution in [1.29, 1.82) is 0 Å². The van der Waals surface area contributed by atoms with Crippen molar-refractivity contribution in [2.45, 2.75) is 26.3 Å². The normalized spacial score (nSPS) is 11.5. The summed E-state index contributed by atoms with van der Waals surface area (Å²) in [6.45, 7) is 4.75. The maximum absolute atomic E-state index is 5.44. The maximum Gasteiger partial charge on any atom is 0.171 e. The molecule has 0 saturated carbocycles. The highest BCUT2D eigenvalue weighted by Crippen LogP contribution is 2.21. The monoisotopic (exact) mass is 344 g/mol. The molecule has 0 saturated heterocycles. The minimum Gasteiger partial charge on any atom is -0.497 e. The zero-order chi connectivity index (χ0) is 17.4. The summed E-state index contributed by atoms with van der Waals surface area (Å²) in [7, 11) is 1.67. The smallest absolute Gasteiger partial charge is 0.171 e. The summed E-state index contributed by atoms with van der Waals surface area (Å²) < 4.78 is 10.6. The summed E-state index contributed by atoms with van der Waals surface area (Å²) in [4.78, 5) is 0. The van der Waals surface area contributed by atoms with Crippen LogP contribution in [-0.2, 0) is 0 Å². The van der Waals surface area contributed by atoms with Gasteiger partial charge >= 0.3 is 0 Å². The van der Waals surface area contributed by atoms with E-state index in [0.29, 0.717) is 11.7 Å². The van der Waals surface area contributed by atoms with E-state index in [-0.39, 0.29) is 6.04 Å². The Morgan fingerprint density at radius 1 is 1.00 bits per heavy atom. The second-order valence-electron chi connectivity index (χ2n) is 5.29. The second kappa shape index (κ2) is 9.13. The Kier molecular flexibility index (Phi) is 6.88. The van der Waals surface area contributed by atoms with Crippen molar-refractivity contribution in [3.05, 3.63) is 54.1 Å². The minimum atomic E-state index is 0.151. The number of methoxy groups -OCH3 is 1. The summed E-state index contributed by atoms with van der Waals surface area (Å²) in [5.41, 5.74) is 2.11. The van der Waals surface area contributed by atoms with Gasteiger partial charge in [-0.1, -0.05) is 19.1 Å². The molecule has 2 N–H and O–H groups in total. The van der Waals surface area contributed by atoms with E-state index in [1.54, 1.807) is 7.11 Å². The van der Waals surface area contributed by atoms with Crippen LogP contribution in [0.1, 0.15) is 31.9 Å². The van der Waals surface area contributed by atoms with E-state index in [0.717, 1.165) is 23.6 Å². The van der Waals surface area contributed by atoms with Crippen LogP contribution in [-0.4, -0.2) is 18.8 Å². The third kappa shape index (κ3) is 5.13. The van der Waals surface area contributed by atoms with Crippen molar-refractivity contribution in [2.75, 3.05) is 19.0 Å². The Labute approximate surface area is 149 Å². The van der Waals surface area contributed by atoms with E-state index in [1.807, 2.05) is 43.3 Å². The first-order valence-electron chi connectivity index (χ1n) is 8.10. The predicted molar refractivity (Wildman–Crippen MR) is 103 cm³/mol. The molecule has 24 heavy (non-hydrogen) atoms. The molecule has 0 aliphatic heterocycles. The van der Waals surface area contributed by atoms with Crippen LogP contribution in [0, 0.1) is 0 Å². The van der Waals surface area contributed by atoms with E-state index >= 15 is 0 Å². The van der Waals surface area contributed by atoms with Crippen molar-refractivity contribution in [3.8, 4) is 11.5 Å². The van der Waals surface area contributed by atoms with Gasteiger partial charge in [-0.05, 0) is 67.5 Å². The number of rotatable bonds is 7. The molecule has 0 aliphatic rings. The molecule has 0 bridgehead atoms. The zero-order valence-electron chi connectivity index (χ0n) is 14.3. The molecule has 0 radical (unpaired) electrons. The predicted octanol–water partition coefficient (Wildman–Crippen LogP) is 4.53. The number of benzene rings is 2. The minimum absolute atomic E-state index is 0.151. The van der Waals surface area contributed by atoms with Gasteiger partial charge in [0, 0.05) is 5.69 Å². The van der Waals surface area contributed by atoms with Crippen LogP contribution in [0.2, 0.25) is 0 Å². The first-order valence-corrected chi connectivity index (χ1v) is 8.51. The van der Waals surface area contributed by atoms with Crippen LogP contribution in [0.15, 0.2) is 48.5 Å². The molecule has 1 unspecified atom stereocenters. The fourth-order valence-corrected chi connectivity index (χ4v) is 2.64. The number of hydrogen-bond donors (Lipinski definition) is 2. The lowest BCUT2D eigenvalue weighted by Crippen LogP contribution is -2.32. The molecule has 1 atom stereocenters. The standard InChI is InChI=1S/C19H24N2O2S/c1-4-18(14-6-10-16(22-3)11-7-14)21-19(24)20-15-8-12-17(13-9-15)23-5-2/h6-13,18H,4-5H2,1-3H3,(H2,20,21,24). The lowest BCUT2D eigenvalue weighted by molar-refractivity contribution is 0.340. The lowest BCUT2D eigenvalue weighted by Gasteiger charge is -2.20. The molecule has 0 aliphatic carbocycles. The Hall–Kier alpha value is -2.27. The quantitative estimate of drug-likeness (QED) is 0.722. The van der Waals surface area contributed by atoms with Crippen LogP contribution in [0.25, 0.3) is 0 Å². The van der Waals surface area contributed by atoms with Gasteiger partial charge in [0.2, 0.25) is 0 Å². The molecule has 0 spiro atoms. The number of ether oxygens (including phenoxy) is 2. The second-order valence-corrected chi connectivity index (χ2v) is 5.70. The van der Waals surface area contributed by atoms with Gasteiger partial charge in [0.15, 0.2) is 5.11 Å². The summed E-state index contributed by atoms with van der Waals surface area (Å²) in [6, 6.07) is 15.9. The van der Waals surface area contributed by atoms with Crippen LogP contribution in [0.5, 0.6) is 11.5 Å². The number of nitrogens with one attached hydrogen (secondary N) is 2. The molecule has 2 rings (SSSR count). The maximum atomic E-state index is 5.44. The van der Waals surface area contributed by atoms with Gasteiger partial charge in [-0.15, -0.1) is 0 Å². The Morgan fingerprint density at radius 3 is 2.17 bits per heavy atom. The van der Waals surface area contributed by atoms with Crippen LogP contribution in [0.4, 0.5) is 5.69 Å². The third-order valence-electron chi connectivity index (χ3n) is 3.65. The van der Waals surface area contributed by atoms with Crippen molar-refractivity contribution >= 4 is 23.0 Å². The number of anilines is 1. The first kappa shape index (κ1) is 18.1. The largest absolute Gasteiger partial charge is 0.497 e. The average Bonchev–Trinajstić information content (AvgIpc) is 2.62. The molecule has 2 aromatic rings. The van der Waals surface area contributed by atoms with E-state index < -0.39 is 0 Å². The van der Waals surface area contributed by atoms with Crippen molar-refractivity contribution < 1.29 is 9.47 Å². The van der Waals surface area contributed by atoms with Gasteiger partial charge < -0.3 is 20.1 Å². The van der Waals surface area contributed by atoms with Crippen LogP contribution < -0.4 is 20.1 Å². The molecular formula is C19H24N2O2S. The Balaban J connectivity index is 1.95. The number of thiocarbonyl (C=S) groups is 1. The van der Waals surface area contributed by atoms with Crippen LogP contribution in [0.3, 0.4) is 0 Å². The zero-order valence-corrected chi connectivity index (χ0v) is 15.2. The highest BCUT2D eigenvalue weighted by molar-refractivity contribution is 7.80. The SMILES string of the molecule is CCOc1ccc(NC(=S)NC(CC)c2ccc(OC)cc2)cc1. The summed E-state index contributed by atoms with van der Waals surface area (Å²) >= 11 is 5.43. The molecule has 4 nitrogen and oxygen atoms in total. The van der Waals surface area contributed by atoms with Crippen molar-refractivity contribution in [3.63, 3.8) is 0 Å². The summed E-state index contributed by atoms with van der Waals surface area (Å²) in [5.74, 6) is 1.70. The molecule has 0 aromatic heterocycles. The summed E-state index contributed by atoms with van der Waals surface area (Å²) in [6.07, 6.45) is 0.928. The molecule has 5 heteroatoms. The Morgan fingerprint density at radius 2 is 1.62 bits per heavy atom. The third-order valence-corrected chi connectivity index (χ3v) is 3.87. The molecular weight excluding hydrogens is 320 g/mol. The highest BCUT2D eigenvalue weighted by atomic mass is 32.1. The van der Waals surface area contributed by atoms with E-state index in [4.69, 9.17) is 21.7 Å². The lowest BCUT2D eigenvalue weighted by atomic mass is 10.0. The van der Waals surface area contributed by atoms with Gasteiger partial charge in [0.05, 0.1) is 19.8 Å². The van der Waals surface area contributed by atoms with Crippen LogP contribution >= 0.6 is 12.2 Å². The van der Waals surface area contributed by atoms with Gasteiger partial charge in [0.25, 0.3) is 0 Å². The fourth-order valence-electron chi connectivity index (χ4n) is 2.38. The first-order chi connectivity index (χ1) is 11.7. The highest BCUT2D eigenvalue weighted by Gasteiger charge is 2.11. The van der Waals surface area contributed by atoms with E-state index in [9.17, 15) is 0 Å². The molecule has 0 fully saturated rings. The van der Waals surface area contributed by atoms with Crippen molar-refractivity contribution in [1.82, 2.24) is 5.32 Å². The molecule has 128 valence electrons. The topological polar surface area (TPSA) is 42.5 Å². The average molecular weight is 344 g/mol. The summed E-state index contributed by atoms with van der Waals surface area (Å²) in [5, 5.41) is 7.16. The fraction of sp³-hybridized carbons (Fsp3) is 0.316. The van der Waals surface area contributed by atoms with Gasteiger partial charge in [-0.3, -0.25) is 0 Å². The Bertz CT molecular complexity index is 641. The molecule has 0 amide bonds. The number of hydrogen-bond acceptors (Lipinski definition) is 3. The molecule has 2 aromatic carbocycles. The van der Waals surface area contributed by atoms with E-state index in [1.165, 1.54) is 5.56 Å². The van der Waals surface area contributed by atoms with Crippen molar-refractivity contribution in [2.24, 2.45) is 0 Å².